The van der Waals surface area contributed by atoms with Crippen molar-refractivity contribution in [3.63, 3.8) is 0 Å². The highest BCUT2D eigenvalue weighted by molar-refractivity contribution is 5.21. The Morgan fingerprint density at radius 3 is 2.35 bits per heavy atom. The quantitative estimate of drug-likeness (QED) is 0.761. The van der Waals surface area contributed by atoms with E-state index in [2.05, 4.69) is 42.9 Å². The maximum atomic E-state index is 5.31. The van der Waals surface area contributed by atoms with E-state index in [0.717, 1.165) is 30.8 Å². The summed E-state index contributed by atoms with van der Waals surface area (Å²) in [5.74, 6) is 2.11. The molecule has 17 heavy (non-hydrogen) atoms. The van der Waals surface area contributed by atoms with Gasteiger partial charge in [0.05, 0.1) is 7.11 Å². The van der Waals surface area contributed by atoms with Gasteiger partial charge in [-0.2, -0.15) is 4.98 Å². The predicted molar refractivity (Wildman–Crippen MR) is 68.4 cm³/mol. The Kier molecular flexibility index (Phi) is 5.32. The SMILES string of the molecule is CCCC(CC)c1nnc(C(C)C)c(OC)n1. The van der Waals surface area contributed by atoms with Crippen LogP contribution in [0, 0.1) is 0 Å². The smallest absolute Gasteiger partial charge is 0.239 e. The first-order chi connectivity index (χ1) is 8.13. The van der Waals surface area contributed by atoms with Gasteiger partial charge < -0.3 is 4.74 Å². The molecule has 96 valence electrons. The molecule has 0 bridgehead atoms. The number of methoxy groups -OCH3 is 1. The maximum Gasteiger partial charge on any atom is 0.239 e. The molecule has 0 spiro atoms. The van der Waals surface area contributed by atoms with E-state index in [9.17, 15) is 0 Å². The lowest BCUT2D eigenvalue weighted by atomic mass is 10.00. The van der Waals surface area contributed by atoms with Crippen LogP contribution in [0.15, 0.2) is 0 Å². The lowest BCUT2D eigenvalue weighted by Crippen LogP contribution is -2.10. The zero-order chi connectivity index (χ0) is 12.8. The van der Waals surface area contributed by atoms with Crippen molar-refractivity contribution in [2.45, 2.75) is 58.8 Å². The molecule has 0 N–H and O–H groups in total. The number of hydrogen-bond donors (Lipinski definition) is 0. The summed E-state index contributed by atoms with van der Waals surface area (Å²) in [7, 11) is 1.64. The van der Waals surface area contributed by atoms with Crippen molar-refractivity contribution in [3.8, 4) is 5.88 Å². The molecule has 1 unspecified atom stereocenters. The topological polar surface area (TPSA) is 47.9 Å². The maximum absolute atomic E-state index is 5.31. The van der Waals surface area contributed by atoms with Gasteiger partial charge in [-0.05, 0) is 12.8 Å². The second-order valence-electron chi connectivity index (χ2n) is 4.61. The fourth-order valence-corrected chi connectivity index (χ4v) is 1.88. The highest BCUT2D eigenvalue weighted by Crippen LogP contribution is 2.26. The largest absolute Gasteiger partial charge is 0.480 e. The summed E-state index contributed by atoms with van der Waals surface area (Å²) in [6, 6.07) is 0. The molecule has 0 aliphatic rings. The Hall–Kier alpha value is -1.19. The molecule has 0 aliphatic carbocycles. The summed E-state index contributed by atoms with van der Waals surface area (Å²) in [6.45, 7) is 8.47. The molecular formula is C13H23N3O. The van der Waals surface area contributed by atoms with Gasteiger partial charge in [0, 0.05) is 11.8 Å². The van der Waals surface area contributed by atoms with Crippen LogP contribution < -0.4 is 4.74 Å². The third-order valence-corrected chi connectivity index (χ3v) is 2.93. The molecule has 1 heterocycles. The third-order valence-electron chi connectivity index (χ3n) is 2.93. The van der Waals surface area contributed by atoms with E-state index in [0.29, 0.717) is 11.8 Å². The van der Waals surface area contributed by atoms with E-state index < -0.39 is 0 Å². The van der Waals surface area contributed by atoms with E-state index in [4.69, 9.17) is 4.74 Å². The standard InChI is InChI=1S/C13H23N3O/c1-6-8-10(7-2)12-14-13(17-5)11(9(3)4)15-16-12/h9-10H,6-8H2,1-5H3. The number of ether oxygens (including phenoxy) is 1. The van der Waals surface area contributed by atoms with Gasteiger partial charge in [-0.25, -0.2) is 0 Å². The van der Waals surface area contributed by atoms with Crippen LogP contribution in [0.2, 0.25) is 0 Å². The van der Waals surface area contributed by atoms with Crippen LogP contribution in [0.1, 0.15) is 70.3 Å². The van der Waals surface area contributed by atoms with Gasteiger partial charge >= 0.3 is 0 Å². The molecule has 1 atom stereocenters. The monoisotopic (exact) mass is 237 g/mol. The summed E-state index contributed by atoms with van der Waals surface area (Å²) in [4.78, 5) is 4.51. The van der Waals surface area contributed by atoms with E-state index >= 15 is 0 Å². The number of nitrogens with zero attached hydrogens (tertiary/aromatic N) is 3. The number of hydrogen-bond acceptors (Lipinski definition) is 4. The lowest BCUT2D eigenvalue weighted by Gasteiger charge is -2.14. The molecule has 1 aromatic heterocycles. The Morgan fingerprint density at radius 2 is 1.88 bits per heavy atom. The van der Waals surface area contributed by atoms with Gasteiger partial charge in [0.25, 0.3) is 0 Å². The molecule has 4 heteroatoms. The zero-order valence-corrected chi connectivity index (χ0v) is 11.5. The third kappa shape index (κ3) is 3.38. The molecule has 0 radical (unpaired) electrons. The second-order valence-corrected chi connectivity index (χ2v) is 4.61. The molecule has 0 aromatic carbocycles. The zero-order valence-electron chi connectivity index (χ0n) is 11.5. The van der Waals surface area contributed by atoms with E-state index in [1.165, 1.54) is 0 Å². The van der Waals surface area contributed by atoms with Crippen LogP contribution in [0.3, 0.4) is 0 Å². The molecule has 0 saturated heterocycles. The van der Waals surface area contributed by atoms with Crippen molar-refractivity contribution in [2.75, 3.05) is 7.11 Å². The van der Waals surface area contributed by atoms with Gasteiger partial charge in [-0.3, -0.25) is 0 Å². The minimum Gasteiger partial charge on any atom is -0.480 e. The van der Waals surface area contributed by atoms with Crippen LogP contribution in [-0.4, -0.2) is 22.3 Å². The molecule has 0 amide bonds. The first-order valence-corrected chi connectivity index (χ1v) is 6.42. The Morgan fingerprint density at radius 1 is 1.18 bits per heavy atom. The highest BCUT2D eigenvalue weighted by Gasteiger charge is 2.17. The Labute approximate surface area is 104 Å². The summed E-state index contributed by atoms with van der Waals surface area (Å²) in [5, 5.41) is 8.52. The van der Waals surface area contributed by atoms with Gasteiger partial charge in [-0.1, -0.05) is 34.1 Å². The summed E-state index contributed by atoms with van der Waals surface area (Å²) in [5.41, 5.74) is 0.836. The average Bonchev–Trinajstić information content (AvgIpc) is 2.34. The minimum atomic E-state index is 0.283. The number of rotatable bonds is 6. The minimum absolute atomic E-state index is 0.283. The molecule has 4 nitrogen and oxygen atoms in total. The molecule has 1 rings (SSSR count). The lowest BCUT2D eigenvalue weighted by molar-refractivity contribution is 0.376. The molecular weight excluding hydrogens is 214 g/mol. The molecule has 1 aromatic rings. The first kappa shape index (κ1) is 13.9. The van der Waals surface area contributed by atoms with Crippen molar-refractivity contribution >= 4 is 0 Å². The molecule has 0 fully saturated rings. The van der Waals surface area contributed by atoms with Gasteiger partial charge in [0.15, 0.2) is 5.82 Å². The number of aromatic nitrogens is 3. The molecule has 0 aliphatic heterocycles. The average molecular weight is 237 g/mol. The Balaban J connectivity index is 3.03. The van der Waals surface area contributed by atoms with Crippen molar-refractivity contribution in [2.24, 2.45) is 0 Å². The Bertz CT molecular complexity index is 353. The van der Waals surface area contributed by atoms with Crippen LogP contribution >= 0.6 is 0 Å². The normalized spacial score (nSPS) is 12.8. The van der Waals surface area contributed by atoms with E-state index in [-0.39, 0.29) is 5.92 Å². The fourth-order valence-electron chi connectivity index (χ4n) is 1.88. The first-order valence-electron chi connectivity index (χ1n) is 6.42. The van der Waals surface area contributed by atoms with Crippen LogP contribution in [0.5, 0.6) is 5.88 Å². The second kappa shape index (κ2) is 6.52. The van der Waals surface area contributed by atoms with Gasteiger partial charge in [0.1, 0.15) is 5.69 Å². The van der Waals surface area contributed by atoms with Gasteiger partial charge in [0.2, 0.25) is 5.88 Å². The summed E-state index contributed by atoms with van der Waals surface area (Å²) >= 11 is 0. The van der Waals surface area contributed by atoms with Crippen LogP contribution in [-0.2, 0) is 0 Å². The van der Waals surface area contributed by atoms with Crippen molar-refractivity contribution in [3.05, 3.63) is 11.5 Å². The van der Waals surface area contributed by atoms with Crippen molar-refractivity contribution in [1.29, 1.82) is 0 Å². The summed E-state index contributed by atoms with van der Waals surface area (Å²) in [6.07, 6.45) is 3.28. The predicted octanol–water partition coefficient (Wildman–Crippen LogP) is 3.30. The summed E-state index contributed by atoms with van der Waals surface area (Å²) < 4.78 is 5.31. The van der Waals surface area contributed by atoms with Gasteiger partial charge in [-0.15, -0.1) is 10.2 Å². The van der Waals surface area contributed by atoms with E-state index in [1.54, 1.807) is 7.11 Å². The van der Waals surface area contributed by atoms with Crippen molar-refractivity contribution in [1.82, 2.24) is 15.2 Å². The highest BCUT2D eigenvalue weighted by atomic mass is 16.5. The van der Waals surface area contributed by atoms with Crippen LogP contribution in [0.25, 0.3) is 0 Å². The fraction of sp³-hybridized carbons (Fsp3) is 0.769. The van der Waals surface area contributed by atoms with Crippen molar-refractivity contribution < 1.29 is 4.74 Å². The van der Waals surface area contributed by atoms with Crippen LogP contribution in [0.4, 0.5) is 0 Å². The van der Waals surface area contributed by atoms with E-state index in [1.807, 2.05) is 0 Å². The molecule has 0 saturated carbocycles.